The highest BCUT2D eigenvalue weighted by molar-refractivity contribution is 7.10. The summed E-state index contributed by atoms with van der Waals surface area (Å²) in [4.78, 5) is 6.72. The summed E-state index contributed by atoms with van der Waals surface area (Å²) in [5.41, 5.74) is 2.13. The molecule has 1 aliphatic heterocycles. The Bertz CT molecular complexity index is 603. The molecule has 0 amide bonds. The average molecular weight is 324 g/mol. The summed E-state index contributed by atoms with van der Waals surface area (Å²) in [6.07, 6.45) is 3.03. The first-order chi connectivity index (χ1) is 10.2. The number of halogens is 1. The maximum Gasteiger partial charge on any atom is 0.138 e. The van der Waals surface area contributed by atoms with Crippen LogP contribution in [0.1, 0.15) is 17.7 Å². The molecule has 0 aromatic carbocycles. The van der Waals surface area contributed by atoms with Gasteiger partial charge < -0.3 is 5.32 Å². The van der Waals surface area contributed by atoms with Gasteiger partial charge in [-0.2, -0.15) is 0 Å². The van der Waals surface area contributed by atoms with Crippen LogP contribution in [0, 0.1) is 12.8 Å². The summed E-state index contributed by atoms with van der Waals surface area (Å²) >= 11 is 7.31. The van der Waals surface area contributed by atoms with E-state index in [9.17, 15) is 0 Å². The molecule has 5 nitrogen and oxygen atoms in total. The fraction of sp³-hybridized carbons (Fsp3) is 0.500. The molecule has 1 aliphatic rings. The zero-order chi connectivity index (χ0) is 14.7. The molecule has 0 saturated carbocycles. The predicted octanol–water partition coefficient (Wildman–Crippen LogP) is 2.83. The fourth-order valence-electron chi connectivity index (χ4n) is 2.61. The Morgan fingerprint density at radius 1 is 1.52 bits per heavy atom. The Balaban J connectivity index is 1.47. The van der Waals surface area contributed by atoms with Crippen molar-refractivity contribution >= 4 is 29.0 Å². The Morgan fingerprint density at radius 2 is 2.43 bits per heavy atom. The fourth-order valence-corrected chi connectivity index (χ4v) is 3.22. The quantitative estimate of drug-likeness (QED) is 0.917. The normalized spacial score (nSPS) is 19.0. The molecule has 1 fully saturated rings. The molecular weight excluding hydrogens is 306 g/mol. The summed E-state index contributed by atoms with van der Waals surface area (Å²) in [5.74, 6) is 1.60. The van der Waals surface area contributed by atoms with Crippen molar-refractivity contribution in [3.8, 4) is 0 Å². The second-order valence-corrected chi connectivity index (χ2v) is 6.84. The van der Waals surface area contributed by atoms with E-state index in [0.29, 0.717) is 10.3 Å². The van der Waals surface area contributed by atoms with E-state index in [2.05, 4.69) is 37.8 Å². The van der Waals surface area contributed by atoms with Gasteiger partial charge in [-0.3, -0.25) is 4.90 Å². The number of likely N-dealkylation sites (tertiary alicyclic amines) is 1. The standard InChI is InChI=1S/C14H18ClN5S/c1-10-2-4-16-13(6-10)17-7-11-3-5-20(8-11)9-12-14(15)21-19-18-12/h2,4,6,11H,3,5,7-9H2,1H3,(H,16,17)/t11-/m0/s1. The number of nitrogens with zero attached hydrogens (tertiary/aromatic N) is 4. The van der Waals surface area contributed by atoms with Crippen LogP contribution < -0.4 is 5.32 Å². The van der Waals surface area contributed by atoms with Crippen LogP contribution in [0.2, 0.25) is 4.34 Å². The molecule has 0 bridgehead atoms. The van der Waals surface area contributed by atoms with Crippen LogP contribution >= 0.6 is 23.1 Å². The van der Waals surface area contributed by atoms with Crippen molar-refractivity contribution in [3.63, 3.8) is 0 Å². The molecule has 2 aromatic rings. The summed E-state index contributed by atoms with van der Waals surface area (Å²) in [7, 11) is 0. The van der Waals surface area contributed by atoms with Gasteiger partial charge in [0.2, 0.25) is 0 Å². The minimum Gasteiger partial charge on any atom is -0.370 e. The highest BCUT2D eigenvalue weighted by atomic mass is 35.5. The lowest BCUT2D eigenvalue weighted by Gasteiger charge is -2.15. The molecule has 0 unspecified atom stereocenters. The van der Waals surface area contributed by atoms with Gasteiger partial charge in [-0.25, -0.2) is 4.98 Å². The topological polar surface area (TPSA) is 53.9 Å². The third kappa shape index (κ3) is 3.90. The van der Waals surface area contributed by atoms with Crippen LogP contribution in [0.5, 0.6) is 0 Å². The van der Waals surface area contributed by atoms with E-state index in [4.69, 9.17) is 11.6 Å². The van der Waals surface area contributed by atoms with Crippen molar-refractivity contribution in [3.05, 3.63) is 33.9 Å². The third-order valence-corrected chi connectivity index (χ3v) is 4.72. The summed E-state index contributed by atoms with van der Waals surface area (Å²) in [6, 6.07) is 4.08. The van der Waals surface area contributed by atoms with E-state index >= 15 is 0 Å². The summed E-state index contributed by atoms with van der Waals surface area (Å²) in [5, 5.41) is 7.51. The van der Waals surface area contributed by atoms with E-state index in [1.807, 2.05) is 12.3 Å². The molecule has 2 aromatic heterocycles. The van der Waals surface area contributed by atoms with Gasteiger partial charge in [-0.15, -0.1) is 5.10 Å². The first kappa shape index (κ1) is 14.7. The summed E-state index contributed by atoms with van der Waals surface area (Å²) in [6.45, 7) is 5.98. The minimum absolute atomic E-state index is 0.637. The first-order valence-electron chi connectivity index (χ1n) is 7.06. The first-order valence-corrected chi connectivity index (χ1v) is 8.21. The highest BCUT2D eigenvalue weighted by Crippen LogP contribution is 2.23. The van der Waals surface area contributed by atoms with Crippen molar-refractivity contribution in [2.75, 3.05) is 25.0 Å². The molecular formula is C14H18ClN5S. The molecule has 3 rings (SSSR count). The maximum absolute atomic E-state index is 6.06. The van der Waals surface area contributed by atoms with Crippen LogP contribution in [-0.2, 0) is 6.54 Å². The zero-order valence-corrected chi connectivity index (χ0v) is 13.5. The largest absolute Gasteiger partial charge is 0.370 e. The van der Waals surface area contributed by atoms with Gasteiger partial charge in [-0.05, 0) is 43.5 Å². The molecule has 1 atom stereocenters. The van der Waals surface area contributed by atoms with Gasteiger partial charge in [0.05, 0.1) is 0 Å². The average Bonchev–Trinajstić information content (AvgIpc) is 3.07. The number of nitrogens with one attached hydrogen (secondary N) is 1. The highest BCUT2D eigenvalue weighted by Gasteiger charge is 2.23. The number of rotatable bonds is 5. The number of aromatic nitrogens is 3. The van der Waals surface area contributed by atoms with Gasteiger partial charge in [0.1, 0.15) is 15.8 Å². The lowest BCUT2D eigenvalue weighted by Crippen LogP contribution is -2.23. The Morgan fingerprint density at radius 3 is 3.19 bits per heavy atom. The van der Waals surface area contributed by atoms with Crippen molar-refractivity contribution in [2.45, 2.75) is 19.9 Å². The Hall–Kier alpha value is -1.24. The van der Waals surface area contributed by atoms with Crippen molar-refractivity contribution in [1.29, 1.82) is 0 Å². The second-order valence-electron chi connectivity index (χ2n) is 5.48. The second kappa shape index (κ2) is 6.68. The van der Waals surface area contributed by atoms with Crippen molar-refractivity contribution in [1.82, 2.24) is 19.5 Å². The van der Waals surface area contributed by atoms with Crippen LogP contribution in [0.4, 0.5) is 5.82 Å². The molecule has 0 spiro atoms. The van der Waals surface area contributed by atoms with Gasteiger partial charge in [0, 0.05) is 37.4 Å². The number of hydrogen-bond acceptors (Lipinski definition) is 6. The van der Waals surface area contributed by atoms with Gasteiger partial charge in [-0.1, -0.05) is 16.1 Å². The van der Waals surface area contributed by atoms with E-state index in [1.54, 1.807) is 0 Å². The molecule has 0 aliphatic carbocycles. The lowest BCUT2D eigenvalue weighted by atomic mass is 10.1. The van der Waals surface area contributed by atoms with E-state index in [-0.39, 0.29) is 0 Å². The zero-order valence-electron chi connectivity index (χ0n) is 11.9. The van der Waals surface area contributed by atoms with Gasteiger partial charge in [0.15, 0.2) is 0 Å². The van der Waals surface area contributed by atoms with E-state index in [0.717, 1.165) is 37.7 Å². The molecule has 21 heavy (non-hydrogen) atoms. The SMILES string of the molecule is Cc1ccnc(NC[C@@H]2CCN(Cc3nnsc3Cl)C2)c1. The number of hydrogen-bond donors (Lipinski definition) is 1. The smallest absolute Gasteiger partial charge is 0.138 e. The predicted molar refractivity (Wildman–Crippen MR) is 85.8 cm³/mol. The number of aryl methyl sites for hydroxylation is 1. The molecule has 1 N–H and O–H groups in total. The molecule has 112 valence electrons. The minimum atomic E-state index is 0.637. The van der Waals surface area contributed by atoms with Gasteiger partial charge in [0.25, 0.3) is 0 Å². The van der Waals surface area contributed by atoms with Gasteiger partial charge >= 0.3 is 0 Å². The van der Waals surface area contributed by atoms with Crippen molar-refractivity contribution < 1.29 is 0 Å². The molecule has 1 saturated heterocycles. The van der Waals surface area contributed by atoms with Crippen LogP contribution in [0.3, 0.4) is 0 Å². The third-order valence-electron chi connectivity index (χ3n) is 3.74. The van der Waals surface area contributed by atoms with Crippen LogP contribution in [0.15, 0.2) is 18.3 Å². The Labute approximate surface area is 133 Å². The number of pyridine rings is 1. The molecule has 3 heterocycles. The van der Waals surface area contributed by atoms with Crippen molar-refractivity contribution in [2.24, 2.45) is 5.92 Å². The van der Waals surface area contributed by atoms with Crippen LogP contribution in [-0.4, -0.2) is 39.1 Å². The monoisotopic (exact) mass is 323 g/mol. The maximum atomic E-state index is 6.06. The summed E-state index contributed by atoms with van der Waals surface area (Å²) < 4.78 is 4.59. The lowest BCUT2D eigenvalue weighted by molar-refractivity contribution is 0.315. The van der Waals surface area contributed by atoms with E-state index in [1.165, 1.54) is 23.5 Å². The molecule has 0 radical (unpaired) electrons. The number of anilines is 1. The Kier molecular flexibility index (Phi) is 4.67. The van der Waals surface area contributed by atoms with E-state index < -0.39 is 0 Å². The van der Waals surface area contributed by atoms with Crippen LogP contribution in [0.25, 0.3) is 0 Å². The molecule has 7 heteroatoms.